The van der Waals surface area contributed by atoms with Gasteiger partial charge in [0.05, 0.1) is 39.9 Å². The Morgan fingerprint density at radius 2 is 0.753 bits per heavy atom. The maximum Gasteiger partial charge on any atom is 0.268 e. The fourth-order valence-corrected chi connectivity index (χ4v) is 11.0. The Bertz CT molecular complexity index is 1350. The van der Waals surface area contributed by atoms with Crippen LogP contribution < -0.4 is 10.2 Å². The zero-order valence-corrected chi connectivity index (χ0v) is 53.1. The average Bonchev–Trinajstić information content (AvgIpc) is 3.39. The lowest BCUT2D eigenvalue weighted by Gasteiger charge is -2.29. The smallest absolute Gasteiger partial charge is 0.268 e. The number of phosphoric acid groups is 1. The SMILES string of the molecule is CCCCCCC/C=C\C/C=C\CCCCCCCCCCCCCCCCCCCCCCCC(=O)NC(COP(=O)([O-])OCC[N+](C)(C)C)C(O)/C=C/CCCCCCCCCCCCCCCCCCCCCC. The van der Waals surface area contributed by atoms with Crippen LogP contribution in [0, 0.1) is 0 Å². The minimum absolute atomic E-state index is 0.00120. The second-order valence-electron chi connectivity index (χ2n) is 24.5. The third-order valence-electron chi connectivity index (χ3n) is 15.6. The van der Waals surface area contributed by atoms with Gasteiger partial charge in [0.1, 0.15) is 13.2 Å². The Hall–Kier alpha value is -1.28. The van der Waals surface area contributed by atoms with Crippen molar-refractivity contribution in [2.45, 2.75) is 353 Å². The van der Waals surface area contributed by atoms with Crippen LogP contribution in [0.2, 0.25) is 0 Å². The van der Waals surface area contributed by atoms with Gasteiger partial charge in [-0.2, -0.15) is 0 Å². The van der Waals surface area contributed by atoms with Crippen molar-refractivity contribution < 1.29 is 32.9 Å². The minimum Gasteiger partial charge on any atom is -0.756 e. The van der Waals surface area contributed by atoms with E-state index >= 15 is 0 Å². The van der Waals surface area contributed by atoms with E-state index in [1.165, 1.54) is 276 Å². The summed E-state index contributed by atoms with van der Waals surface area (Å²) >= 11 is 0. The first kappa shape index (κ1) is 75.7. The number of likely N-dealkylation sites (N-methyl/N-ethyl adjacent to an activating group) is 1. The number of rotatable bonds is 63. The van der Waals surface area contributed by atoms with E-state index in [9.17, 15) is 19.4 Å². The van der Waals surface area contributed by atoms with Gasteiger partial charge in [0.25, 0.3) is 7.82 Å². The van der Waals surface area contributed by atoms with E-state index in [2.05, 4.69) is 43.5 Å². The summed E-state index contributed by atoms with van der Waals surface area (Å²) in [6, 6.07) is -0.886. The molecule has 3 atom stereocenters. The van der Waals surface area contributed by atoms with Crippen LogP contribution in [0.15, 0.2) is 36.5 Å². The number of amides is 1. The van der Waals surface area contributed by atoms with Crippen LogP contribution in [0.3, 0.4) is 0 Å². The summed E-state index contributed by atoms with van der Waals surface area (Å²) in [6.07, 6.45) is 78.3. The normalized spacial score (nSPS) is 13.9. The molecule has 456 valence electrons. The number of nitrogens with zero attached hydrogens (tertiary/aromatic N) is 1. The number of quaternary nitrogens is 1. The zero-order chi connectivity index (χ0) is 56.3. The number of unbranched alkanes of at least 4 members (excludes halogenated alkanes) is 46. The molecular formula is C68H133N2O6P. The molecule has 0 fully saturated rings. The molecule has 0 radical (unpaired) electrons. The first-order chi connectivity index (χ1) is 37.5. The van der Waals surface area contributed by atoms with Gasteiger partial charge in [0.15, 0.2) is 0 Å². The summed E-state index contributed by atoms with van der Waals surface area (Å²) in [5.41, 5.74) is 0. The molecule has 0 bridgehead atoms. The number of nitrogens with one attached hydrogen (secondary N) is 1. The fraction of sp³-hybridized carbons (Fsp3) is 0.897. The lowest BCUT2D eigenvalue weighted by Crippen LogP contribution is -2.45. The minimum atomic E-state index is -4.60. The molecule has 77 heavy (non-hydrogen) atoms. The third kappa shape index (κ3) is 62.2. The van der Waals surface area contributed by atoms with E-state index in [0.717, 1.165) is 44.9 Å². The van der Waals surface area contributed by atoms with Gasteiger partial charge in [0, 0.05) is 6.42 Å². The molecule has 1 amide bonds. The highest BCUT2D eigenvalue weighted by Crippen LogP contribution is 2.38. The summed E-state index contributed by atoms with van der Waals surface area (Å²) in [6.45, 7) is 4.69. The number of aliphatic hydroxyl groups excluding tert-OH is 1. The molecule has 3 unspecified atom stereocenters. The molecule has 0 heterocycles. The summed E-state index contributed by atoms with van der Waals surface area (Å²) in [5.74, 6) is -0.190. The molecule has 0 aliphatic carbocycles. The van der Waals surface area contributed by atoms with Gasteiger partial charge in [-0.25, -0.2) is 0 Å². The lowest BCUT2D eigenvalue weighted by molar-refractivity contribution is -0.870. The molecule has 0 aliphatic heterocycles. The monoisotopic (exact) mass is 1100 g/mol. The molecule has 2 N–H and O–H groups in total. The van der Waals surface area contributed by atoms with Crippen LogP contribution in [0.1, 0.15) is 341 Å². The fourth-order valence-electron chi connectivity index (χ4n) is 10.3. The number of carbonyl (C=O) groups is 1. The van der Waals surface area contributed by atoms with E-state index in [-0.39, 0.29) is 19.1 Å². The van der Waals surface area contributed by atoms with Crippen molar-refractivity contribution in [2.24, 2.45) is 0 Å². The summed E-state index contributed by atoms with van der Waals surface area (Å²) in [5, 5.41) is 14.0. The van der Waals surface area contributed by atoms with Gasteiger partial charge < -0.3 is 28.8 Å². The van der Waals surface area contributed by atoms with Gasteiger partial charge >= 0.3 is 0 Å². The molecular weight excluding hydrogens is 972 g/mol. The molecule has 8 nitrogen and oxygen atoms in total. The Morgan fingerprint density at radius 1 is 0.455 bits per heavy atom. The molecule has 0 rings (SSSR count). The quantitative estimate of drug-likeness (QED) is 0.0272. The molecule has 0 aromatic heterocycles. The Kier molecular flexibility index (Phi) is 58.4. The highest BCUT2D eigenvalue weighted by molar-refractivity contribution is 7.45. The van der Waals surface area contributed by atoms with Crippen molar-refractivity contribution in [3.63, 3.8) is 0 Å². The predicted octanol–water partition coefficient (Wildman–Crippen LogP) is 20.6. The highest BCUT2D eigenvalue weighted by Gasteiger charge is 2.23. The van der Waals surface area contributed by atoms with Crippen LogP contribution in [0.4, 0.5) is 0 Å². The van der Waals surface area contributed by atoms with Crippen LogP contribution in [-0.4, -0.2) is 68.5 Å². The van der Waals surface area contributed by atoms with E-state index < -0.39 is 20.0 Å². The Morgan fingerprint density at radius 3 is 1.08 bits per heavy atom. The second kappa shape index (κ2) is 59.3. The molecule has 0 saturated carbocycles. The van der Waals surface area contributed by atoms with E-state index in [0.29, 0.717) is 17.4 Å². The molecule has 0 aromatic rings. The van der Waals surface area contributed by atoms with Crippen molar-refractivity contribution in [1.29, 1.82) is 0 Å². The number of allylic oxidation sites excluding steroid dienone is 5. The van der Waals surface area contributed by atoms with Crippen LogP contribution >= 0.6 is 7.82 Å². The molecule has 0 saturated heterocycles. The van der Waals surface area contributed by atoms with Crippen LogP contribution in [0.5, 0.6) is 0 Å². The van der Waals surface area contributed by atoms with E-state index in [1.807, 2.05) is 27.2 Å². The van der Waals surface area contributed by atoms with Gasteiger partial charge in [-0.3, -0.25) is 9.36 Å². The first-order valence-electron chi connectivity index (χ1n) is 33.9. The van der Waals surface area contributed by atoms with Crippen LogP contribution in [-0.2, 0) is 18.4 Å². The number of aliphatic hydroxyl groups is 1. The summed E-state index contributed by atoms with van der Waals surface area (Å²) < 4.78 is 23.4. The average molecular weight is 1110 g/mol. The van der Waals surface area contributed by atoms with E-state index in [4.69, 9.17) is 9.05 Å². The molecule has 0 aliphatic rings. The van der Waals surface area contributed by atoms with E-state index in [1.54, 1.807) is 6.08 Å². The van der Waals surface area contributed by atoms with Gasteiger partial charge in [0.2, 0.25) is 5.91 Å². The topological polar surface area (TPSA) is 108 Å². The molecule has 0 spiro atoms. The zero-order valence-electron chi connectivity index (χ0n) is 52.2. The highest BCUT2D eigenvalue weighted by atomic mass is 31.2. The molecule has 0 aromatic carbocycles. The van der Waals surface area contributed by atoms with Gasteiger partial charge in [-0.1, -0.05) is 320 Å². The number of phosphoric ester groups is 1. The maximum absolute atomic E-state index is 13.0. The Balaban J connectivity index is 4.03. The maximum atomic E-state index is 13.0. The standard InChI is InChI=1S/C68H133N2O6P/c1-6-8-10-12-14-16-18-20-22-24-26-28-30-31-32-33-34-35-36-37-38-39-40-42-44-46-48-50-52-54-56-58-60-62-68(72)69-66(65-76-77(73,74)75-64-63-70(3,4)5)67(71)61-59-57-55-53-51-49-47-45-43-41-29-27-25-23-21-19-17-15-13-11-9-7-2/h18,20,24,26,59,61,66-67,71H,6-17,19,21-23,25,27-58,60,62-65H2,1-5H3,(H-,69,72,73,74)/b20-18-,26-24-,61-59+. The van der Waals surface area contributed by atoms with Gasteiger partial charge in [-0.15, -0.1) is 0 Å². The largest absolute Gasteiger partial charge is 0.756 e. The second-order valence-corrected chi connectivity index (χ2v) is 25.9. The van der Waals surface area contributed by atoms with Crippen molar-refractivity contribution >= 4 is 13.7 Å². The van der Waals surface area contributed by atoms with Crippen molar-refractivity contribution in [3.05, 3.63) is 36.5 Å². The third-order valence-corrected chi connectivity index (χ3v) is 16.6. The Labute approximate surface area is 480 Å². The first-order valence-corrected chi connectivity index (χ1v) is 35.3. The predicted molar refractivity (Wildman–Crippen MR) is 335 cm³/mol. The van der Waals surface area contributed by atoms with Crippen molar-refractivity contribution in [2.75, 3.05) is 40.9 Å². The summed E-state index contributed by atoms with van der Waals surface area (Å²) in [7, 11) is 1.28. The number of carbonyl (C=O) groups excluding carboxylic acids is 1. The van der Waals surface area contributed by atoms with Crippen molar-refractivity contribution in [3.8, 4) is 0 Å². The lowest BCUT2D eigenvalue weighted by atomic mass is 10.0. The van der Waals surface area contributed by atoms with Crippen LogP contribution in [0.25, 0.3) is 0 Å². The van der Waals surface area contributed by atoms with Gasteiger partial charge in [-0.05, 0) is 51.4 Å². The number of hydrogen-bond acceptors (Lipinski definition) is 6. The molecule has 9 heteroatoms. The van der Waals surface area contributed by atoms with Crippen molar-refractivity contribution in [1.82, 2.24) is 5.32 Å². The number of hydrogen-bond donors (Lipinski definition) is 2. The summed E-state index contributed by atoms with van der Waals surface area (Å²) in [4.78, 5) is 25.6.